The van der Waals surface area contributed by atoms with Crippen LogP contribution in [0.25, 0.3) is 0 Å². The minimum atomic E-state index is -2.57. The van der Waals surface area contributed by atoms with E-state index in [1.165, 1.54) is 11.8 Å². The van der Waals surface area contributed by atoms with Crippen molar-refractivity contribution in [1.29, 1.82) is 0 Å². The first-order chi connectivity index (χ1) is 4.45. The van der Waals surface area contributed by atoms with Crippen LogP contribution in [0.5, 0.6) is 0 Å². The van der Waals surface area contributed by atoms with Crippen LogP contribution in [0.1, 0.15) is 20.3 Å². The molecule has 0 N–H and O–H groups in total. The number of hydrogen-bond acceptors (Lipinski definition) is 1. The first-order valence-electron chi connectivity index (χ1n) is 3.01. The van der Waals surface area contributed by atoms with E-state index in [4.69, 9.17) is 0 Å². The van der Waals surface area contributed by atoms with Gasteiger partial charge in [0.2, 0.25) is 5.92 Å². The minimum Gasteiger partial charge on any atom is -0.440 e. The van der Waals surface area contributed by atoms with Crippen LogP contribution in [-0.2, 0) is 21.1 Å². The second-order valence-electron chi connectivity index (χ2n) is 2.35. The molecule has 0 nitrogen and oxygen atoms in total. The molecule has 0 fully saturated rings. The van der Waals surface area contributed by atoms with Crippen LogP contribution in [-0.4, -0.2) is 11.2 Å². The predicted octanol–water partition coefficient (Wildman–Crippen LogP) is 3.10. The molecule has 0 aliphatic carbocycles. The van der Waals surface area contributed by atoms with Crippen LogP contribution in [0.3, 0.4) is 0 Å². The van der Waals surface area contributed by atoms with Gasteiger partial charge in [-0.05, 0) is 12.2 Å². The Kier molecular flexibility index (Phi) is 7.98. The third-order valence-electron chi connectivity index (χ3n) is 0.930. The van der Waals surface area contributed by atoms with Gasteiger partial charge in [-0.3, -0.25) is 6.58 Å². The monoisotopic (exact) mass is 349 g/mol. The summed E-state index contributed by atoms with van der Waals surface area (Å²) in [5, 5.41) is 2.42. The fraction of sp³-hybridized carbons (Fsp3) is 0.714. The second kappa shape index (κ2) is 6.19. The Bertz CT molecular complexity index is 111. The van der Waals surface area contributed by atoms with Gasteiger partial charge < -0.3 is 17.2 Å². The molecule has 11 heavy (non-hydrogen) atoms. The molecule has 66 valence electrons. The zero-order valence-electron chi connectivity index (χ0n) is 6.56. The topological polar surface area (TPSA) is 0 Å². The average Bonchev–Trinajstić information content (AvgIpc) is 1.59. The molecule has 0 aliphatic rings. The van der Waals surface area contributed by atoms with E-state index < -0.39 is 5.92 Å². The molecule has 1 unspecified atom stereocenters. The molecule has 0 saturated heterocycles. The van der Waals surface area contributed by atoms with Crippen LogP contribution in [0.4, 0.5) is 8.78 Å². The first kappa shape index (κ1) is 14.2. The molecule has 0 bridgehead atoms. The molecule has 1 atom stereocenters. The van der Waals surface area contributed by atoms with E-state index in [-0.39, 0.29) is 32.7 Å². The molecular weight excluding hydrogens is 338 g/mol. The molecule has 0 saturated carbocycles. The van der Waals surface area contributed by atoms with Crippen LogP contribution in [0.15, 0.2) is 6.58 Å². The summed E-state index contributed by atoms with van der Waals surface area (Å²) in [6.07, 6.45) is -0.111. The summed E-state index contributed by atoms with van der Waals surface area (Å²) >= 11 is 1.22. The molecule has 0 aliphatic heterocycles. The summed E-state index contributed by atoms with van der Waals surface area (Å²) in [7, 11) is 0. The third kappa shape index (κ3) is 10.6. The van der Waals surface area contributed by atoms with Crippen molar-refractivity contribution < 1.29 is 29.8 Å². The maximum Gasteiger partial charge on any atom is 0.246 e. The molecule has 0 spiro atoms. The number of halogens is 2. The molecule has 0 heterocycles. The Morgan fingerprint density at radius 3 is 2.36 bits per heavy atom. The standard InChI is InChI=1S/C7H11F2S.W/c1-4-10-6(2)5-7(3,8)9;/h6H,1,5H2,2-3H3;/q-1;. The van der Waals surface area contributed by atoms with Gasteiger partial charge in [0.1, 0.15) is 0 Å². The van der Waals surface area contributed by atoms with Gasteiger partial charge in [-0.15, -0.1) is 0 Å². The van der Waals surface area contributed by atoms with Gasteiger partial charge in [-0.1, -0.05) is 6.92 Å². The van der Waals surface area contributed by atoms with Gasteiger partial charge in [-0.25, -0.2) is 8.78 Å². The fourth-order valence-electron chi connectivity index (χ4n) is 0.689. The van der Waals surface area contributed by atoms with E-state index in [0.29, 0.717) is 0 Å². The summed E-state index contributed by atoms with van der Waals surface area (Å²) in [5.74, 6) is -2.57. The van der Waals surface area contributed by atoms with Crippen LogP contribution in [0.2, 0.25) is 0 Å². The number of hydrogen-bond donors (Lipinski definition) is 0. The van der Waals surface area contributed by atoms with Gasteiger partial charge in [0.15, 0.2) is 0 Å². The maximum absolute atomic E-state index is 12.2. The van der Waals surface area contributed by atoms with Crippen molar-refractivity contribution in [2.24, 2.45) is 0 Å². The molecule has 0 aromatic rings. The molecule has 0 amide bonds. The summed E-state index contributed by atoms with van der Waals surface area (Å²) in [6.45, 7) is 5.98. The van der Waals surface area contributed by atoms with Crippen LogP contribution < -0.4 is 0 Å². The van der Waals surface area contributed by atoms with Crippen molar-refractivity contribution in [3.63, 3.8) is 0 Å². The second-order valence-corrected chi connectivity index (χ2v) is 3.68. The van der Waals surface area contributed by atoms with E-state index in [1.54, 1.807) is 6.92 Å². The molecule has 0 radical (unpaired) electrons. The SMILES string of the molecule is C=[C-]SC(C)CC(C)(F)F.[W]. The van der Waals surface area contributed by atoms with Crippen molar-refractivity contribution in [2.45, 2.75) is 31.4 Å². The Hall–Kier alpha value is 0.638. The fourth-order valence-corrected chi connectivity index (χ4v) is 1.35. The van der Waals surface area contributed by atoms with Crippen molar-refractivity contribution in [1.82, 2.24) is 0 Å². The van der Waals surface area contributed by atoms with E-state index >= 15 is 0 Å². The summed E-state index contributed by atoms with van der Waals surface area (Å²) in [6, 6.07) is 0. The minimum absolute atomic E-state index is 0. The van der Waals surface area contributed by atoms with E-state index in [9.17, 15) is 8.78 Å². The van der Waals surface area contributed by atoms with Crippen molar-refractivity contribution in [3.8, 4) is 0 Å². The van der Waals surface area contributed by atoms with Crippen molar-refractivity contribution in [2.75, 3.05) is 0 Å². The molecule has 4 heteroatoms. The average molecular weight is 349 g/mol. The van der Waals surface area contributed by atoms with Gasteiger partial charge in [0.25, 0.3) is 0 Å². The Balaban J connectivity index is 0. The Morgan fingerprint density at radius 1 is 1.64 bits per heavy atom. The number of rotatable bonds is 4. The summed E-state index contributed by atoms with van der Waals surface area (Å²) in [4.78, 5) is 0. The summed E-state index contributed by atoms with van der Waals surface area (Å²) < 4.78 is 24.5. The first-order valence-corrected chi connectivity index (χ1v) is 3.89. The van der Waals surface area contributed by atoms with Gasteiger partial charge >= 0.3 is 0 Å². The van der Waals surface area contributed by atoms with E-state index in [1.807, 2.05) is 0 Å². The van der Waals surface area contributed by atoms with Gasteiger partial charge in [0, 0.05) is 27.5 Å². The van der Waals surface area contributed by atoms with Gasteiger partial charge in [0.05, 0.1) is 0 Å². The van der Waals surface area contributed by atoms with E-state index in [2.05, 4.69) is 12.0 Å². The maximum atomic E-state index is 12.2. The molecule has 0 rings (SSSR count). The zero-order valence-corrected chi connectivity index (χ0v) is 10.3. The third-order valence-corrected chi connectivity index (χ3v) is 1.67. The van der Waals surface area contributed by atoms with Gasteiger partial charge in [-0.2, -0.15) is 0 Å². The summed E-state index contributed by atoms with van der Waals surface area (Å²) in [5.41, 5.74) is 0. The smallest absolute Gasteiger partial charge is 0.246 e. The van der Waals surface area contributed by atoms with E-state index in [0.717, 1.165) is 6.92 Å². The number of thioether (sulfide) groups is 1. The quantitative estimate of drug-likeness (QED) is 0.703. The molecule has 0 aromatic carbocycles. The zero-order chi connectivity index (χ0) is 8.20. The molecular formula is C7H11F2SW-. The normalized spacial score (nSPS) is 13.5. The Morgan fingerprint density at radius 2 is 2.09 bits per heavy atom. The van der Waals surface area contributed by atoms with Crippen molar-refractivity contribution in [3.05, 3.63) is 12.0 Å². The predicted molar refractivity (Wildman–Crippen MR) is 41.2 cm³/mol. The van der Waals surface area contributed by atoms with Crippen LogP contribution >= 0.6 is 11.8 Å². The van der Waals surface area contributed by atoms with Crippen molar-refractivity contribution >= 4 is 11.8 Å². The number of alkyl halides is 2. The van der Waals surface area contributed by atoms with Crippen LogP contribution in [0, 0.1) is 5.41 Å². The molecule has 0 aromatic heterocycles. The largest absolute Gasteiger partial charge is 0.440 e. The Labute approximate surface area is 85.1 Å².